The predicted octanol–water partition coefficient (Wildman–Crippen LogP) is 7.41. The number of halogens is 4. The van der Waals surface area contributed by atoms with Crippen molar-refractivity contribution in [3.63, 3.8) is 0 Å². The summed E-state index contributed by atoms with van der Waals surface area (Å²) in [6.07, 6.45) is -4.93. The fourth-order valence-corrected chi connectivity index (χ4v) is 4.43. The number of rotatable bonds is 10. The van der Waals surface area contributed by atoms with Crippen molar-refractivity contribution in [3.8, 4) is 39.7 Å². The van der Waals surface area contributed by atoms with Crippen LogP contribution in [0.2, 0.25) is 0 Å². The number of aromatic nitrogens is 3. The molecule has 226 valence electrons. The second-order valence-electron chi connectivity index (χ2n) is 9.54. The van der Waals surface area contributed by atoms with Gasteiger partial charge in [0, 0.05) is 18.2 Å². The molecule has 0 bridgehead atoms. The zero-order valence-corrected chi connectivity index (χ0v) is 23.4. The quantitative estimate of drug-likeness (QED) is 0.131. The van der Waals surface area contributed by atoms with E-state index in [2.05, 4.69) is 10.1 Å². The van der Waals surface area contributed by atoms with Gasteiger partial charge in [-0.1, -0.05) is 42.5 Å². The van der Waals surface area contributed by atoms with Crippen LogP contribution in [0.25, 0.3) is 28.2 Å². The molecule has 0 amide bonds. The molecule has 5 aromatic rings. The zero-order chi connectivity index (χ0) is 31.4. The van der Waals surface area contributed by atoms with Gasteiger partial charge in [-0.3, -0.25) is 0 Å². The van der Waals surface area contributed by atoms with Gasteiger partial charge in [-0.15, -0.1) is 0 Å². The minimum absolute atomic E-state index is 0.0471. The summed E-state index contributed by atoms with van der Waals surface area (Å²) < 4.78 is 72.7. The van der Waals surface area contributed by atoms with Gasteiger partial charge in [0.25, 0.3) is 0 Å². The van der Waals surface area contributed by atoms with Gasteiger partial charge in [-0.25, -0.2) is 18.9 Å². The van der Waals surface area contributed by atoms with Gasteiger partial charge in [0.05, 0.1) is 11.9 Å². The maximum atomic E-state index is 13.8. The standard InChI is InChI=1S/C32H25F4N3O5/c1-19(42-2)44-28-16-21(20-12-14-23(33)15-13-20)10-11-22(28)18-43-27-8-4-3-6-24(27)26-7-5-9-29(38-26)39-30(32(34,35)36)25(17-37-39)31(40)41/h3-17,19H,18H2,1-2H3,(H,40,41). The first kappa shape index (κ1) is 30.2. The lowest BCUT2D eigenvalue weighted by molar-refractivity contribution is -0.143. The van der Waals surface area contributed by atoms with Crippen LogP contribution >= 0.6 is 0 Å². The van der Waals surface area contributed by atoms with E-state index < -0.39 is 29.7 Å². The van der Waals surface area contributed by atoms with Crippen molar-refractivity contribution in [3.05, 3.63) is 114 Å². The molecule has 1 atom stereocenters. The molecule has 2 aromatic heterocycles. The molecule has 0 spiro atoms. The SMILES string of the molecule is COC(C)Oc1cc(-c2ccc(F)cc2)ccc1COc1ccccc1-c1cccc(-n2ncc(C(=O)O)c2C(F)(F)F)n1. The van der Waals surface area contributed by atoms with Gasteiger partial charge in [-0.05, 0) is 60.5 Å². The normalized spacial score (nSPS) is 12.1. The Bertz CT molecular complexity index is 1790. The lowest BCUT2D eigenvalue weighted by Crippen LogP contribution is -2.18. The van der Waals surface area contributed by atoms with E-state index >= 15 is 0 Å². The van der Waals surface area contributed by atoms with Gasteiger partial charge in [0.15, 0.2) is 17.8 Å². The van der Waals surface area contributed by atoms with Crippen LogP contribution in [-0.2, 0) is 17.5 Å². The Kier molecular flexibility index (Phi) is 8.63. The Morgan fingerprint density at radius 1 is 0.955 bits per heavy atom. The molecule has 2 heterocycles. The number of aromatic carboxylic acids is 1. The van der Waals surface area contributed by atoms with E-state index in [1.165, 1.54) is 31.4 Å². The van der Waals surface area contributed by atoms with E-state index in [1.807, 2.05) is 12.1 Å². The lowest BCUT2D eigenvalue weighted by Gasteiger charge is -2.18. The third-order valence-corrected chi connectivity index (χ3v) is 6.64. The molecule has 0 fully saturated rings. The summed E-state index contributed by atoms with van der Waals surface area (Å²) in [5.41, 5.74) is 0.561. The molecule has 0 radical (unpaired) electrons. The van der Waals surface area contributed by atoms with Crippen molar-refractivity contribution >= 4 is 5.97 Å². The van der Waals surface area contributed by atoms with Gasteiger partial charge in [-0.2, -0.15) is 18.3 Å². The number of carbonyl (C=O) groups is 1. The number of methoxy groups -OCH3 is 1. The molecule has 0 aliphatic heterocycles. The number of hydrogen-bond donors (Lipinski definition) is 1. The van der Waals surface area contributed by atoms with Gasteiger partial charge in [0.2, 0.25) is 0 Å². The van der Waals surface area contributed by atoms with Crippen LogP contribution in [0.1, 0.15) is 28.5 Å². The summed E-state index contributed by atoms with van der Waals surface area (Å²) in [6, 6.07) is 22.7. The fraction of sp³-hybridized carbons (Fsp3) is 0.156. The molecule has 0 saturated heterocycles. The molecule has 1 N–H and O–H groups in total. The van der Waals surface area contributed by atoms with Gasteiger partial charge in [0.1, 0.15) is 29.5 Å². The molecule has 44 heavy (non-hydrogen) atoms. The summed E-state index contributed by atoms with van der Waals surface area (Å²) in [5, 5.41) is 12.9. The smallest absolute Gasteiger partial charge is 0.434 e. The summed E-state index contributed by atoms with van der Waals surface area (Å²) in [5.74, 6) is -1.47. The van der Waals surface area contributed by atoms with Crippen LogP contribution in [0.3, 0.4) is 0 Å². The van der Waals surface area contributed by atoms with Crippen molar-refractivity contribution in [2.24, 2.45) is 0 Å². The summed E-state index contributed by atoms with van der Waals surface area (Å²) in [7, 11) is 1.51. The van der Waals surface area contributed by atoms with Crippen molar-refractivity contribution in [1.29, 1.82) is 0 Å². The monoisotopic (exact) mass is 607 g/mol. The highest BCUT2D eigenvalue weighted by atomic mass is 19.4. The van der Waals surface area contributed by atoms with Crippen LogP contribution in [-0.4, -0.2) is 39.2 Å². The average Bonchev–Trinajstić information content (AvgIpc) is 3.48. The predicted molar refractivity (Wildman–Crippen MR) is 152 cm³/mol. The number of para-hydroxylation sites is 1. The minimum Gasteiger partial charge on any atom is -0.488 e. The Hall–Kier alpha value is -5.23. The molecule has 8 nitrogen and oxygen atoms in total. The van der Waals surface area contributed by atoms with E-state index in [1.54, 1.807) is 55.5 Å². The molecular weight excluding hydrogens is 582 g/mol. The molecular formula is C32H25F4N3O5. The van der Waals surface area contributed by atoms with Crippen LogP contribution < -0.4 is 9.47 Å². The maximum Gasteiger partial charge on any atom is 0.434 e. The average molecular weight is 608 g/mol. The Balaban J connectivity index is 1.46. The van der Waals surface area contributed by atoms with Crippen LogP contribution in [0.5, 0.6) is 11.5 Å². The fourth-order valence-electron chi connectivity index (χ4n) is 4.43. The molecule has 0 saturated carbocycles. The second-order valence-corrected chi connectivity index (χ2v) is 9.54. The molecule has 1 unspecified atom stereocenters. The highest BCUT2D eigenvalue weighted by Crippen LogP contribution is 2.35. The van der Waals surface area contributed by atoms with Crippen molar-refractivity contribution in [1.82, 2.24) is 14.8 Å². The number of nitrogens with zero attached hydrogens (tertiary/aromatic N) is 3. The third-order valence-electron chi connectivity index (χ3n) is 6.64. The number of carboxylic acids is 1. The largest absolute Gasteiger partial charge is 0.488 e. The second kappa shape index (κ2) is 12.6. The van der Waals surface area contributed by atoms with Gasteiger partial charge < -0.3 is 19.3 Å². The first-order valence-electron chi connectivity index (χ1n) is 13.2. The Labute approximate surface area is 249 Å². The van der Waals surface area contributed by atoms with Crippen LogP contribution in [0, 0.1) is 5.82 Å². The molecule has 0 aliphatic rings. The first-order chi connectivity index (χ1) is 21.0. The van der Waals surface area contributed by atoms with Crippen LogP contribution in [0.4, 0.5) is 17.6 Å². The maximum absolute atomic E-state index is 13.8. The summed E-state index contributed by atoms with van der Waals surface area (Å²) >= 11 is 0. The third kappa shape index (κ3) is 6.55. The molecule has 12 heteroatoms. The molecule has 3 aromatic carbocycles. The van der Waals surface area contributed by atoms with Crippen molar-refractivity contribution < 1.29 is 41.7 Å². The molecule has 5 rings (SSSR count). The number of ether oxygens (including phenoxy) is 3. The number of pyridine rings is 1. The van der Waals surface area contributed by atoms with Crippen LogP contribution in [0.15, 0.2) is 91.1 Å². The van der Waals surface area contributed by atoms with E-state index in [0.717, 1.165) is 11.1 Å². The number of alkyl halides is 3. The Morgan fingerprint density at radius 3 is 2.39 bits per heavy atom. The zero-order valence-electron chi connectivity index (χ0n) is 23.4. The number of hydrogen-bond acceptors (Lipinski definition) is 6. The summed E-state index contributed by atoms with van der Waals surface area (Å²) in [6.45, 7) is 1.78. The van der Waals surface area contributed by atoms with Gasteiger partial charge >= 0.3 is 12.1 Å². The number of carboxylic acid groups (broad SMARTS) is 1. The lowest BCUT2D eigenvalue weighted by atomic mass is 10.0. The first-order valence-corrected chi connectivity index (χ1v) is 13.2. The highest BCUT2D eigenvalue weighted by Gasteiger charge is 2.41. The van der Waals surface area contributed by atoms with E-state index in [9.17, 15) is 27.5 Å². The highest BCUT2D eigenvalue weighted by molar-refractivity contribution is 5.89. The van der Waals surface area contributed by atoms with E-state index in [-0.39, 0.29) is 23.9 Å². The van der Waals surface area contributed by atoms with Crippen molar-refractivity contribution in [2.75, 3.05) is 7.11 Å². The minimum atomic E-state index is -4.99. The topological polar surface area (TPSA) is 95.7 Å². The van der Waals surface area contributed by atoms with E-state index in [4.69, 9.17) is 14.2 Å². The Morgan fingerprint density at radius 2 is 1.68 bits per heavy atom. The number of benzene rings is 3. The summed E-state index contributed by atoms with van der Waals surface area (Å²) in [4.78, 5) is 15.8. The van der Waals surface area contributed by atoms with Crippen molar-refractivity contribution in [2.45, 2.75) is 26.0 Å². The molecule has 0 aliphatic carbocycles. The van der Waals surface area contributed by atoms with E-state index in [0.29, 0.717) is 33.5 Å².